The zero-order valence-electron chi connectivity index (χ0n) is 10.2. The van der Waals surface area contributed by atoms with Crippen LogP contribution in [0.2, 0.25) is 0 Å². The molecule has 4 nitrogen and oxygen atoms in total. The van der Waals surface area contributed by atoms with Crippen LogP contribution in [-0.4, -0.2) is 44.0 Å². The second kappa shape index (κ2) is 4.72. The van der Waals surface area contributed by atoms with Gasteiger partial charge in [-0.05, 0) is 50.7 Å². The summed E-state index contributed by atoms with van der Waals surface area (Å²) in [6.45, 7) is 3.68. The van der Waals surface area contributed by atoms with E-state index >= 15 is 0 Å². The molecule has 1 heterocycles. The van der Waals surface area contributed by atoms with E-state index in [1.54, 1.807) is 0 Å². The van der Waals surface area contributed by atoms with Crippen LogP contribution in [0, 0.1) is 11.3 Å². The summed E-state index contributed by atoms with van der Waals surface area (Å²) in [5.41, 5.74) is 5.93. The van der Waals surface area contributed by atoms with Gasteiger partial charge in [0.2, 0.25) is 5.91 Å². The van der Waals surface area contributed by atoms with Gasteiger partial charge in [0.15, 0.2) is 0 Å². The van der Waals surface area contributed by atoms with Gasteiger partial charge < -0.3 is 16.0 Å². The first-order chi connectivity index (χ1) is 7.63. The van der Waals surface area contributed by atoms with Crippen molar-refractivity contribution in [2.24, 2.45) is 17.1 Å². The SMILES string of the molecule is CN1CCC(CC(=O)NCC2(CN)CC2)C1. The lowest BCUT2D eigenvalue weighted by molar-refractivity contribution is -0.122. The van der Waals surface area contributed by atoms with Crippen molar-refractivity contribution < 1.29 is 4.79 Å². The Hall–Kier alpha value is -0.610. The van der Waals surface area contributed by atoms with Crippen LogP contribution in [0.25, 0.3) is 0 Å². The van der Waals surface area contributed by atoms with Gasteiger partial charge >= 0.3 is 0 Å². The van der Waals surface area contributed by atoms with E-state index in [1.807, 2.05) is 0 Å². The summed E-state index contributed by atoms with van der Waals surface area (Å²) in [6.07, 6.45) is 4.20. The molecule has 1 saturated carbocycles. The number of hydrogen-bond donors (Lipinski definition) is 2. The molecule has 1 aliphatic heterocycles. The molecule has 1 unspecified atom stereocenters. The lowest BCUT2D eigenvalue weighted by Gasteiger charge is -2.15. The van der Waals surface area contributed by atoms with Crippen molar-refractivity contribution in [3.8, 4) is 0 Å². The highest BCUT2D eigenvalue weighted by Gasteiger charge is 2.41. The predicted octanol–water partition coefficient (Wildman–Crippen LogP) is 0.183. The number of hydrogen-bond acceptors (Lipinski definition) is 3. The normalized spacial score (nSPS) is 28.0. The Morgan fingerprint density at radius 1 is 1.56 bits per heavy atom. The first kappa shape index (κ1) is 11.9. The molecule has 4 heteroatoms. The molecule has 0 spiro atoms. The van der Waals surface area contributed by atoms with E-state index in [1.165, 1.54) is 12.8 Å². The number of rotatable bonds is 5. The maximum absolute atomic E-state index is 11.7. The minimum atomic E-state index is 0.208. The van der Waals surface area contributed by atoms with E-state index < -0.39 is 0 Å². The summed E-state index contributed by atoms with van der Waals surface area (Å²) in [6, 6.07) is 0. The van der Waals surface area contributed by atoms with Crippen LogP contribution < -0.4 is 11.1 Å². The summed E-state index contributed by atoms with van der Waals surface area (Å²) < 4.78 is 0. The van der Waals surface area contributed by atoms with Crippen molar-refractivity contribution in [2.45, 2.75) is 25.7 Å². The summed E-state index contributed by atoms with van der Waals surface area (Å²) in [7, 11) is 2.12. The fraction of sp³-hybridized carbons (Fsp3) is 0.917. The van der Waals surface area contributed by atoms with E-state index in [0.717, 1.165) is 26.1 Å². The smallest absolute Gasteiger partial charge is 0.220 e. The minimum Gasteiger partial charge on any atom is -0.355 e. The standard InChI is InChI=1S/C12H23N3O/c1-15-5-2-10(7-15)6-11(16)14-9-12(8-13)3-4-12/h10H,2-9,13H2,1H3,(H,14,16). The topological polar surface area (TPSA) is 58.4 Å². The van der Waals surface area contributed by atoms with E-state index in [2.05, 4.69) is 17.3 Å². The first-order valence-electron chi connectivity index (χ1n) is 6.29. The van der Waals surface area contributed by atoms with Crippen LogP contribution in [0.1, 0.15) is 25.7 Å². The molecule has 92 valence electrons. The Kier molecular flexibility index (Phi) is 3.50. The highest BCUT2D eigenvalue weighted by atomic mass is 16.1. The summed E-state index contributed by atoms with van der Waals surface area (Å²) in [5.74, 6) is 0.762. The number of nitrogens with two attached hydrogens (primary N) is 1. The molecule has 1 atom stereocenters. The molecule has 2 fully saturated rings. The largest absolute Gasteiger partial charge is 0.355 e. The van der Waals surface area contributed by atoms with Crippen LogP contribution >= 0.6 is 0 Å². The quantitative estimate of drug-likeness (QED) is 0.702. The predicted molar refractivity (Wildman–Crippen MR) is 64.0 cm³/mol. The second-order valence-corrected chi connectivity index (χ2v) is 5.60. The van der Waals surface area contributed by atoms with Crippen molar-refractivity contribution in [1.29, 1.82) is 0 Å². The molecule has 0 aromatic heterocycles. The Balaban J connectivity index is 1.65. The van der Waals surface area contributed by atoms with Crippen molar-refractivity contribution >= 4 is 5.91 Å². The van der Waals surface area contributed by atoms with Crippen LogP contribution in [0.15, 0.2) is 0 Å². The fourth-order valence-corrected chi connectivity index (χ4v) is 2.44. The molecular formula is C12H23N3O. The van der Waals surface area contributed by atoms with Gasteiger partial charge in [0.25, 0.3) is 0 Å². The number of nitrogens with zero attached hydrogens (tertiary/aromatic N) is 1. The monoisotopic (exact) mass is 225 g/mol. The summed E-state index contributed by atoms with van der Waals surface area (Å²) in [4.78, 5) is 14.0. The van der Waals surface area contributed by atoms with Gasteiger partial charge in [0, 0.05) is 19.5 Å². The van der Waals surface area contributed by atoms with Crippen molar-refractivity contribution in [3.63, 3.8) is 0 Å². The Labute approximate surface area is 97.6 Å². The number of nitrogens with one attached hydrogen (secondary N) is 1. The molecule has 0 bridgehead atoms. The van der Waals surface area contributed by atoms with E-state index in [-0.39, 0.29) is 11.3 Å². The average Bonchev–Trinajstić information content (AvgIpc) is 2.95. The molecular weight excluding hydrogens is 202 g/mol. The molecule has 0 aromatic rings. The van der Waals surface area contributed by atoms with Gasteiger partial charge in [-0.15, -0.1) is 0 Å². The molecule has 16 heavy (non-hydrogen) atoms. The maximum Gasteiger partial charge on any atom is 0.220 e. The number of likely N-dealkylation sites (tertiary alicyclic amines) is 1. The van der Waals surface area contributed by atoms with E-state index in [4.69, 9.17) is 5.73 Å². The van der Waals surface area contributed by atoms with Crippen molar-refractivity contribution in [2.75, 3.05) is 33.2 Å². The van der Waals surface area contributed by atoms with Gasteiger partial charge in [-0.25, -0.2) is 0 Å². The molecule has 2 aliphatic rings. The van der Waals surface area contributed by atoms with E-state index in [0.29, 0.717) is 18.9 Å². The highest BCUT2D eigenvalue weighted by molar-refractivity contribution is 5.76. The Morgan fingerprint density at radius 2 is 2.31 bits per heavy atom. The van der Waals surface area contributed by atoms with Gasteiger partial charge in [-0.2, -0.15) is 0 Å². The van der Waals surface area contributed by atoms with Crippen LogP contribution in [0.5, 0.6) is 0 Å². The number of amides is 1. The minimum absolute atomic E-state index is 0.208. The van der Waals surface area contributed by atoms with Gasteiger partial charge in [-0.1, -0.05) is 0 Å². The fourth-order valence-electron chi connectivity index (χ4n) is 2.44. The molecule has 3 N–H and O–H groups in total. The third-order valence-corrected chi connectivity index (χ3v) is 4.01. The molecule has 1 amide bonds. The van der Waals surface area contributed by atoms with Gasteiger partial charge in [-0.3, -0.25) is 4.79 Å². The Bertz CT molecular complexity index is 263. The molecule has 0 radical (unpaired) electrons. The number of carbonyl (C=O) groups is 1. The van der Waals surface area contributed by atoms with Gasteiger partial charge in [0.1, 0.15) is 0 Å². The third-order valence-electron chi connectivity index (χ3n) is 4.01. The zero-order valence-corrected chi connectivity index (χ0v) is 10.2. The lowest BCUT2D eigenvalue weighted by Crippen LogP contribution is -2.34. The van der Waals surface area contributed by atoms with Crippen LogP contribution in [0.4, 0.5) is 0 Å². The highest BCUT2D eigenvalue weighted by Crippen LogP contribution is 2.43. The maximum atomic E-state index is 11.7. The van der Waals surface area contributed by atoms with Crippen molar-refractivity contribution in [1.82, 2.24) is 10.2 Å². The zero-order chi connectivity index (χ0) is 11.6. The van der Waals surface area contributed by atoms with Crippen LogP contribution in [0.3, 0.4) is 0 Å². The molecule has 2 rings (SSSR count). The summed E-state index contributed by atoms with van der Waals surface area (Å²) in [5, 5.41) is 3.04. The number of carbonyl (C=O) groups excluding carboxylic acids is 1. The van der Waals surface area contributed by atoms with Crippen LogP contribution in [-0.2, 0) is 4.79 Å². The lowest BCUT2D eigenvalue weighted by atomic mass is 10.0. The third kappa shape index (κ3) is 2.95. The summed E-state index contributed by atoms with van der Waals surface area (Å²) >= 11 is 0. The molecule has 1 saturated heterocycles. The first-order valence-corrected chi connectivity index (χ1v) is 6.29. The average molecular weight is 225 g/mol. The second-order valence-electron chi connectivity index (χ2n) is 5.60. The molecule has 1 aliphatic carbocycles. The van der Waals surface area contributed by atoms with Gasteiger partial charge in [0.05, 0.1) is 0 Å². The molecule has 0 aromatic carbocycles. The Morgan fingerprint density at radius 3 is 2.81 bits per heavy atom. The van der Waals surface area contributed by atoms with Crippen molar-refractivity contribution in [3.05, 3.63) is 0 Å². The van der Waals surface area contributed by atoms with E-state index in [9.17, 15) is 4.79 Å².